The molecular weight excluding hydrogens is 391 g/mol. The molecule has 0 saturated carbocycles. The fourth-order valence-corrected chi connectivity index (χ4v) is 3.11. The molecule has 2 aromatic carbocycles. The Labute approximate surface area is 171 Å². The third kappa shape index (κ3) is 4.38. The topological polar surface area (TPSA) is 90.5 Å². The molecule has 0 bridgehead atoms. The Morgan fingerprint density at radius 2 is 1.73 bits per heavy atom. The van der Waals surface area contributed by atoms with Gasteiger partial charge in [0.05, 0.1) is 6.61 Å². The second-order valence-corrected chi connectivity index (χ2v) is 6.62. The highest BCUT2D eigenvalue weighted by Gasteiger charge is 2.24. The van der Waals surface area contributed by atoms with Crippen molar-refractivity contribution in [1.82, 2.24) is 9.30 Å². The number of halogens is 1. The summed E-state index contributed by atoms with van der Waals surface area (Å²) in [4.78, 5) is 37.9. The first kappa shape index (κ1) is 21.2. The van der Waals surface area contributed by atoms with Crippen molar-refractivity contribution < 1.29 is 19.1 Å². The summed E-state index contributed by atoms with van der Waals surface area (Å²) in [6, 6.07) is 14.2. The summed E-state index contributed by atoms with van der Waals surface area (Å²) in [6.45, 7) is 1.51. The molecule has 156 valence electrons. The fraction of sp³-hybridized carbons (Fsp3) is 0.227. The predicted molar refractivity (Wildman–Crippen MR) is 107 cm³/mol. The van der Waals surface area contributed by atoms with Gasteiger partial charge in [0, 0.05) is 11.1 Å². The molecule has 0 unspecified atom stereocenters. The number of ketones is 1. The maximum atomic E-state index is 13.1. The fourth-order valence-electron chi connectivity index (χ4n) is 3.11. The molecule has 0 fully saturated rings. The van der Waals surface area contributed by atoms with Crippen LogP contribution in [0.5, 0.6) is 0 Å². The van der Waals surface area contributed by atoms with E-state index < -0.39 is 17.0 Å². The van der Waals surface area contributed by atoms with Crippen LogP contribution in [0.1, 0.15) is 34.1 Å². The SMILES string of the molecule is CCc1c(C(=O)c2ccccc2)n(COCCc2ccc(F)cc2)c(=O)n(O)c1=O. The van der Waals surface area contributed by atoms with E-state index in [9.17, 15) is 24.0 Å². The summed E-state index contributed by atoms with van der Waals surface area (Å²) >= 11 is 0. The zero-order valence-corrected chi connectivity index (χ0v) is 16.4. The average Bonchev–Trinajstić information content (AvgIpc) is 2.77. The van der Waals surface area contributed by atoms with Crippen LogP contribution in [-0.2, 0) is 24.3 Å². The standard InChI is InChI=1S/C22H21FN2O5/c1-2-18-19(20(26)16-6-4-3-5-7-16)24(22(28)25(29)21(18)27)14-30-13-12-15-8-10-17(23)11-9-15/h3-11,29H,2,12-14H2,1H3. The maximum Gasteiger partial charge on any atom is 0.366 e. The first-order valence-electron chi connectivity index (χ1n) is 9.44. The van der Waals surface area contributed by atoms with Crippen molar-refractivity contribution in [3.8, 4) is 0 Å². The van der Waals surface area contributed by atoms with Crippen molar-refractivity contribution in [3.05, 3.63) is 104 Å². The van der Waals surface area contributed by atoms with Gasteiger partial charge in [-0.1, -0.05) is 54.1 Å². The molecule has 3 aromatic rings. The Bertz CT molecular complexity index is 1150. The Balaban J connectivity index is 1.91. The van der Waals surface area contributed by atoms with Crippen molar-refractivity contribution in [2.24, 2.45) is 0 Å². The Morgan fingerprint density at radius 3 is 2.37 bits per heavy atom. The van der Waals surface area contributed by atoms with Gasteiger partial charge in [0.25, 0.3) is 5.56 Å². The zero-order chi connectivity index (χ0) is 21.7. The van der Waals surface area contributed by atoms with Crippen LogP contribution in [0.2, 0.25) is 0 Å². The number of carbonyl (C=O) groups is 1. The normalized spacial score (nSPS) is 10.9. The van der Waals surface area contributed by atoms with E-state index in [1.165, 1.54) is 12.1 Å². The summed E-state index contributed by atoms with van der Waals surface area (Å²) in [5.74, 6) is -0.850. The molecule has 1 aromatic heterocycles. The lowest BCUT2D eigenvalue weighted by molar-refractivity contribution is 0.0616. The second kappa shape index (κ2) is 9.32. The van der Waals surface area contributed by atoms with Gasteiger partial charge in [-0.15, -0.1) is 0 Å². The molecule has 8 heteroatoms. The Morgan fingerprint density at radius 1 is 1.07 bits per heavy atom. The van der Waals surface area contributed by atoms with E-state index in [-0.39, 0.29) is 41.6 Å². The van der Waals surface area contributed by atoms with E-state index in [1.807, 2.05) is 0 Å². The highest BCUT2D eigenvalue weighted by Crippen LogP contribution is 2.12. The smallest absolute Gasteiger partial charge is 0.366 e. The number of benzene rings is 2. The van der Waals surface area contributed by atoms with E-state index in [2.05, 4.69) is 0 Å². The van der Waals surface area contributed by atoms with Crippen molar-refractivity contribution in [2.75, 3.05) is 6.61 Å². The van der Waals surface area contributed by atoms with Crippen LogP contribution in [0, 0.1) is 5.82 Å². The molecule has 7 nitrogen and oxygen atoms in total. The van der Waals surface area contributed by atoms with Crippen LogP contribution in [0.3, 0.4) is 0 Å². The van der Waals surface area contributed by atoms with Crippen molar-refractivity contribution in [2.45, 2.75) is 26.5 Å². The highest BCUT2D eigenvalue weighted by atomic mass is 19.1. The average molecular weight is 412 g/mol. The van der Waals surface area contributed by atoms with Gasteiger partial charge in [-0.2, -0.15) is 0 Å². The molecule has 0 aliphatic heterocycles. The number of aromatic nitrogens is 2. The first-order valence-corrected chi connectivity index (χ1v) is 9.44. The summed E-state index contributed by atoms with van der Waals surface area (Å²) < 4.78 is 19.5. The number of hydrogen-bond acceptors (Lipinski definition) is 5. The van der Waals surface area contributed by atoms with Crippen molar-refractivity contribution in [1.29, 1.82) is 0 Å². The molecule has 0 aliphatic rings. The quantitative estimate of drug-likeness (QED) is 0.349. The monoisotopic (exact) mass is 412 g/mol. The molecule has 0 saturated heterocycles. The lowest BCUT2D eigenvalue weighted by Gasteiger charge is -2.16. The Kier molecular flexibility index (Phi) is 6.58. The molecule has 1 N–H and O–H groups in total. The molecule has 0 radical (unpaired) electrons. The minimum Gasteiger partial charge on any atom is -0.421 e. The van der Waals surface area contributed by atoms with Gasteiger partial charge in [0.15, 0.2) is 0 Å². The van der Waals surface area contributed by atoms with E-state index >= 15 is 0 Å². The van der Waals surface area contributed by atoms with Crippen LogP contribution in [0.4, 0.5) is 4.39 Å². The molecule has 0 spiro atoms. The first-order chi connectivity index (χ1) is 14.4. The van der Waals surface area contributed by atoms with Gasteiger partial charge in [0.2, 0.25) is 5.78 Å². The molecule has 3 rings (SSSR count). The maximum absolute atomic E-state index is 13.1. The summed E-state index contributed by atoms with van der Waals surface area (Å²) in [7, 11) is 0. The molecule has 30 heavy (non-hydrogen) atoms. The second-order valence-electron chi connectivity index (χ2n) is 6.62. The number of rotatable bonds is 8. The number of carbonyl (C=O) groups excluding carboxylic acids is 1. The number of hydrogen-bond donors (Lipinski definition) is 1. The highest BCUT2D eigenvalue weighted by molar-refractivity contribution is 6.08. The van der Waals surface area contributed by atoms with Crippen molar-refractivity contribution >= 4 is 5.78 Å². The van der Waals surface area contributed by atoms with E-state index in [0.29, 0.717) is 12.0 Å². The minimum atomic E-state index is -1.06. The summed E-state index contributed by atoms with van der Waals surface area (Å²) in [6.07, 6.45) is 0.597. The third-order valence-electron chi connectivity index (χ3n) is 4.69. The van der Waals surface area contributed by atoms with E-state index in [4.69, 9.17) is 4.74 Å². The van der Waals surface area contributed by atoms with Gasteiger partial charge in [-0.3, -0.25) is 14.2 Å². The van der Waals surface area contributed by atoms with Gasteiger partial charge in [-0.05, 0) is 30.5 Å². The Hall–Kier alpha value is -3.52. The summed E-state index contributed by atoms with van der Waals surface area (Å²) in [5, 5.41) is 9.90. The van der Waals surface area contributed by atoms with Crippen LogP contribution in [0.15, 0.2) is 64.2 Å². The van der Waals surface area contributed by atoms with Gasteiger partial charge in [0.1, 0.15) is 18.2 Å². The van der Waals surface area contributed by atoms with Gasteiger partial charge >= 0.3 is 5.69 Å². The van der Waals surface area contributed by atoms with E-state index in [0.717, 1.165) is 10.1 Å². The largest absolute Gasteiger partial charge is 0.421 e. The molecular formula is C22H21FN2O5. The van der Waals surface area contributed by atoms with Gasteiger partial charge < -0.3 is 9.94 Å². The molecule has 1 heterocycles. The zero-order valence-electron chi connectivity index (χ0n) is 16.4. The van der Waals surface area contributed by atoms with Crippen LogP contribution >= 0.6 is 0 Å². The van der Waals surface area contributed by atoms with Crippen LogP contribution in [0.25, 0.3) is 0 Å². The van der Waals surface area contributed by atoms with Gasteiger partial charge in [-0.25, -0.2) is 9.18 Å². The predicted octanol–water partition coefficient (Wildman–Crippen LogP) is 2.40. The van der Waals surface area contributed by atoms with Crippen LogP contribution < -0.4 is 11.2 Å². The molecule has 0 atom stereocenters. The third-order valence-corrected chi connectivity index (χ3v) is 4.69. The van der Waals surface area contributed by atoms with Crippen molar-refractivity contribution in [3.63, 3.8) is 0 Å². The molecule has 0 aliphatic carbocycles. The van der Waals surface area contributed by atoms with Crippen LogP contribution in [-0.4, -0.2) is 26.9 Å². The minimum absolute atomic E-state index is 0.00998. The number of nitrogens with zero attached hydrogens (tertiary/aromatic N) is 2. The molecule has 0 amide bonds. The lowest BCUT2D eigenvalue weighted by atomic mass is 10.0. The lowest BCUT2D eigenvalue weighted by Crippen LogP contribution is -2.44. The summed E-state index contributed by atoms with van der Waals surface area (Å²) in [5.41, 5.74) is -0.922. The number of ether oxygens (including phenoxy) is 1. The van der Waals surface area contributed by atoms with E-state index in [1.54, 1.807) is 49.4 Å².